The molecule has 0 N–H and O–H groups in total. The molecule has 4 nitrogen and oxygen atoms in total. The van der Waals surface area contributed by atoms with Gasteiger partial charge in [0.15, 0.2) is 0 Å². The van der Waals surface area contributed by atoms with Crippen LogP contribution in [-0.4, -0.2) is 29.4 Å². The molecule has 0 radical (unpaired) electrons. The van der Waals surface area contributed by atoms with Crippen LogP contribution in [0.15, 0.2) is 17.2 Å². The van der Waals surface area contributed by atoms with Gasteiger partial charge < -0.3 is 4.57 Å². The van der Waals surface area contributed by atoms with Crippen molar-refractivity contribution in [1.82, 2.24) is 8.87 Å². The summed E-state index contributed by atoms with van der Waals surface area (Å²) >= 11 is 5.89. The number of hydrogen-bond donors (Lipinski definition) is 0. The van der Waals surface area contributed by atoms with E-state index < -0.39 is 10.0 Å². The lowest BCUT2D eigenvalue weighted by atomic mass is 10.2. The highest BCUT2D eigenvalue weighted by Crippen LogP contribution is 2.33. The highest BCUT2D eigenvalue weighted by molar-refractivity contribution is 7.89. The summed E-state index contributed by atoms with van der Waals surface area (Å²) in [5.41, 5.74) is 0.854. The highest BCUT2D eigenvalue weighted by Gasteiger charge is 2.39. The Morgan fingerprint density at radius 2 is 2.05 bits per heavy atom. The maximum atomic E-state index is 12.9. The van der Waals surface area contributed by atoms with Crippen LogP contribution in [0.3, 0.4) is 0 Å². The van der Waals surface area contributed by atoms with Crippen LogP contribution >= 0.6 is 11.6 Å². The number of sulfonamides is 1. The van der Waals surface area contributed by atoms with Crippen molar-refractivity contribution in [1.29, 1.82) is 0 Å². The summed E-state index contributed by atoms with van der Waals surface area (Å²) in [5.74, 6) is 0.329. The number of nitrogens with zero attached hydrogens (tertiary/aromatic N) is 2. The molecule has 6 heteroatoms. The molecule has 2 unspecified atom stereocenters. The molecule has 0 aromatic carbocycles. The molecular weight excluding hydrogens is 296 g/mol. The first kappa shape index (κ1) is 15.9. The van der Waals surface area contributed by atoms with Gasteiger partial charge in [0.05, 0.1) is 5.88 Å². The van der Waals surface area contributed by atoms with Gasteiger partial charge in [-0.15, -0.1) is 11.6 Å². The summed E-state index contributed by atoms with van der Waals surface area (Å²) < 4.78 is 29.4. The summed E-state index contributed by atoms with van der Waals surface area (Å²) in [6.07, 6.45) is 4.47. The van der Waals surface area contributed by atoms with E-state index in [1.807, 2.05) is 25.3 Å². The van der Waals surface area contributed by atoms with Gasteiger partial charge >= 0.3 is 0 Å². The van der Waals surface area contributed by atoms with E-state index in [0.29, 0.717) is 10.8 Å². The van der Waals surface area contributed by atoms with Gasteiger partial charge in [-0.25, -0.2) is 8.42 Å². The molecular formula is C14H23ClN2O2S. The molecule has 1 fully saturated rings. The Hall–Kier alpha value is -0.520. The van der Waals surface area contributed by atoms with E-state index in [-0.39, 0.29) is 12.1 Å². The topological polar surface area (TPSA) is 42.3 Å². The third-order valence-corrected chi connectivity index (χ3v) is 6.50. The molecule has 1 saturated heterocycles. The molecule has 2 rings (SSSR count). The molecule has 114 valence electrons. The number of alkyl halides is 1. The van der Waals surface area contributed by atoms with Crippen LogP contribution in [0.2, 0.25) is 0 Å². The lowest BCUT2D eigenvalue weighted by molar-refractivity contribution is 0.328. The molecule has 0 spiro atoms. The molecule has 2 heterocycles. The van der Waals surface area contributed by atoms with Crippen molar-refractivity contribution in [3.8, 4) is 0 Å². The molecule has 20 heavy (non-hydrogen) atoms. The smallest absolute Gasteiger partial charge is 0.245 e. The van der Waals surface area contributed by atoms with Crippen molar-refractivity contribution in [2.45, 2.75) is 69.4 Å². The first-order valence-electron chi connectivity index (χ1n) is 7.24. The lowest BCUT2D eigenvalue weighted by Gasteiger charge is -2.26. The van der Waals surface area contributed by atoms with Crippen molar-refractivity contribution in [3.63, 3.8) is 0 Å². The minimum Gasteiger partial charge on any atom is -0.349 e. The van der Waals surface area contributed by atoms with E-state index in [2.05, 4.69) is 0 Å². The second-order valence-corrected chi connectivity index (χ2v) is 7.52. The molecule has 0 amide bonds. The predicted molar refractivity (Wildman–Crippen MR) is 81.5 cm³/mol. The van der Waals surface area contributed by atoms with Gasteiger partial charge in [0.2, 0.25) is 10.0 Å². The van der Waals surface area contributed by atoms with Crippen LogP contribution in [-0.2, 0) is 22.4 Å². The minimum atomic E-state index is -3.42. The standard InChI is InChI=1S/C14H23ClN2O2S/c1-4-12-7-6-11(3)17(12)20(18,19)14-8-13(9-15)16(5-2)10-14/h8,10-12H,4-7,9H2,1-3H3. The number of aryl methyl sites for hydroxylation is 1. The lowest BCUT2D eigenvalue weighted by Crippen LogP contribution is -2.39. The van der Waals surface area contributed by atoms with Gasteiger partial charge in [0.1, 0.15) is 4.90 Å². The van der Waals surface area contributed by atoms with Crippen molar-refractivity contribution >= 4 is 21.6 Å². The molecule has 1 aliphatic heterocycles. The molecule has 1 aromatic rings. The van der Waals surface area contributed by atoms with Crippen LogP contribution in [0.25, 0.3) is 0 Å². The fourth-order valence-corrected chi connectivity index (χ4v) is 5.30. The van der Waals surface area contributed by atoms with Crippen molar-refractivity contribution < 1.29 is 8.42 Å². The molecule has 0 bridgehead atoms. The second kappa shape index (κ2) is 6.08. The summed E-state index contributed by atoms with van der Waals surface area (Å²) in [4.78, 5) is 0.377. The van der Waals surface area contributed by atoms with Gasteiger partial charge in [-0.2, -0.15) is 4.31 Å². The number of aromatic nitrogens is 1. The summed E-state index contributed by atoms with van der Waals surface area (Å²) in [6.45, 7) is 6.75. The first-order valence-corrected chi connectivity index (χ1v) is 9.21. The fourth-order valence-electron chi connectivity index (χ4n) is 3.06. The second-order valence-electron chi connectivity index (χ2n) is 5.41. The van der Waals surface area contributed by atoms with E-state index in [4.69, 9.17) is 11.6 Å². The molecule has 1 aliphatic rings. The first-order chi connectivity index (χ1) is 9.45. The zero-order valence-electron chi connectivity index (χ0n) is 12.3. The van der Waals surface area contributed by atoms with Crippen molar-refractivity contribution in [2.75, 3.05) is 0 Å². The highest BCUT2D eigenvalue weighted by atomic mass is 35.5. The Bertz CT molecular complexity index is 546. The third kappa shape index (κ3) is 2.63. The zero-order chi connectivity index (χ0) is 14.9. The zero-order valence-corrected chi connectivity index (χ0v) is 13.9. The largest absolute Gasteiger partial charge is 0.349 e. The van der Waals surface area contributed by atoms with E-state index in [0.717, 1.165) is 31.5 Å². The maximum absolute atomic E-state index is 12.9. The van der Waals surface area contributed by atoms with E-state index >= 15 is 0 Å². The summed E-state index contributed by atoms with van der Waals surface area (Å²) in [6, 6.07) is 1.91. The Morgan fingerprint density at radius 1 is 1.35 bits per heavy atom. The molecule has 1 aromatic heterocycles. The Morgan fingerprint density at radius 3 is 2.55 bits per heavy atom. The Balaban J connectivity index is 2.41. The van der Waals surface area contributed by atoms with Crippen LogP contribution in [0, 0.1) is 0 Å². The van der Waals surface area contributed by atoms with Crippen molar-refractivity contribution in [2.24, 2.45) is 0 Å². The average molecular weight is 319 g/mol. The van der Waals surface area contributed by atoms with Gasteiger partial charge in [-0.05, 0) is 39.2 Å². The maximum Gasteiger partial charge on any atom is 0.245 e. The van der Waals surface area contributed by atoms with E-state index in [1.165, 1.54) is 0 Å². The number of hydrogen-bond acceptors (Lipinski definition) is 2. The number of rotatable bonds is 5. The van der Waals surface area contributed by atoms with Gasteiger partial charge in [0.25, 0.3) is 0 Å². The predicted octanol–water partition coefficient (Wildman–Crippen LogP) is 3.20. The van der Waals surface area contributed by atoms with Crippen LogP contribution < -0.4 is 0 Å². The minimum absolute atomic E-state index is 0.0781. The van der Waals surface area contributed by atoms with Crippen LogP contribution in [0.4, 0.5) is 0 Å². The monoisotopic (exact) mass is 318 g/mol. The van der Waals surface area contributed by atoms with Gasteiger partial charge in [0, 0.05) is 30.5 Å². The van der Waals surface area contributed by atoms with E-state index in [9.17, 15) is 8.42 Å². The van der Waals surface area contributed by atoms with E-state index in [1.54, 1.807) is 16.6 Å². The Labute approximate surface area is 126 Å². The van der Waals surface area contributed by atoms with Gasteiger partial charge in [-0.3, -0.25) is 0 Å². The normalized spacial score (nSPS) is 24.4. The summed E-state index contributed by atoms with van der Waals surface area (Å²) in [5, 5.41) is 0. The average Bonchev–Trinajstić information content (AvgIpc) is 3.01. The van der Waals surface area contributed by atoms with Gasteiger partial charge in [-0.1, -0.05) is 6.92 Å². The third-order valence-electron chi connectivity index (χ3n) is 4.20. The fraction of sp³-hybridized carbons (Fsp3) is 0.714. The van der Waals surface area contributed by atoms with Crippen LogP contribution in [0.1, 0.15) is 45.7 Å². The van der Waals surface area contributed by atoms with Crippen LogP contribution in [0.5, 0.6) is 0 Å². The molecule has 0 aliphatic carbocycles. The quantitative estimate of drug-likeness (QED) is 0.782. The van der Waals surface area contributed by atoms with Crippen molar-refractivity contribution in [3.05, 3.63) is 18.0 Å². The SMILES string of the molecule is CCC1CCC(C)N1S(=O)(=O)c1cc(CCl)n(CC)c1. The molecule has 0 saturated carbocycles. The Kier molecular flexibility index (Phi) is 4.82. The number of halogens is 1. The summed E-state index contributed by atoms with van der Waals surface area (Å²) in [7, 11) is -3.42. The molecule has 2 atom stereocenters.